The average Bonchev–Trinajstić information content (AvgIpc) is 2.44. The van der Waals surface area contributed by atoms with Gasteiger partial charge in [-0.25, -0.2) is 4.98 Å². The topological polar surface area (TPSA) is 66.0 Å². The Kier molecular flexibility index (Phi) is 4.04. The number of aromatic amines is 1. The molecule has 0 bridgehead atoms. The highest BCUT2D eigenvalue weighted by Crippen LogP contribution is 2.39. The summed E-state index contributed by atoms with van der Waals surface area (Å²) in [6.07, 6.45) is 1.70. The lowest BCUT2D eigenvalue weighted by atomic mass is 10.2. The number of nitrogens with one attached hydrogen (secondary N) is 1. The minimum atomic E-state index is -0.421. The summed E-state index contributed by atoms with van der Waals surface area (Å²) >= 11 is 13.1. The Morgan fingerprint density at radius 3 is 2.73 bits per heavy atom. The SMILES string of the molecule is Cc1ccc(Sc2c(O)c3c(Cl)cc(Cl)cc3[nH]c2=O)nc1. The van der Waals surface area contributed by atoms with Gasteiger partial charge in [0, 0.05) is 11.2 Å². The molecule has 3 aromatic rings. The molecule has 2 N–H and O–H groups in total. The number of halogens is 2. The molecule has 22 heavy (non-hydrogen) atoms. The van der Waals surface area contributed by atoms with Crippen molar-refractivity contribution in [1.82, 2.24) is 9.97 Å². The predicted octanol–water partition coefficient (Wildman–Crippen LogP) is 4.40. The third-order valence-electron chi connectivity index (χ3n) is 3.05. The second-order valence-corrected chi connectivity index (χ2v) is 6.59. The number of fused-ring (bicyclic) bond motifs is 1. The molecule has 0 saturated heterocycles. The molecule has 0 aliphatic rings. The molecule has 0 unspecified atom stereocenters. The molecule has 4 nitrogen and oxygen atoms in total. The lowest BCUT2D eigenvalue weighted by molar-refractivity contribution is 0.467. The molecule has 3 rings (SSSR count). The van der Waals surface area contributed by atoms with Crippen LogP contribution in [0, 0.1) is 6.92 Å². The van der Waals surface area contributed by atoms with Crippen molar-refractivity contribution in [3.8, 4) is 5.75 Å². The maximum atomic E-state index is 12.2. The van der Waals surface area contributed by atoms with Crippen LogP contribution in [0.3, 0.4) is 0 Å². The summed E-state index contributed by atoms with van der Waals surface area (Å²) in [5.41, 5.74) is 0.982. The van der Waals surface area contributed by atoms with Crippen molar-refractivity contribution in [3.05, 3.63) is 56.4 Å². The van der Waals surface area contributed by atoms with E-state index in [0.29, 0.717) is 21.0 Å². The van der Waals surface area contributed by atoms with Crippen molar-refractivity contribution in [3.63, 3.8) is 0 Å². The van der Waals surface area contributed by atoms with Gasteiger partial charge in [0.25, 0.3) is 5.56 Å². The van der Waals surface area contributed by atoms with E-state index < -0.39 is 5.56 Å². The first-order chi connectivity index (χ1) is 10.5. The molecule has 0 saturated carbocycles. The maximum absolute atomic E-state index is 12.2. The van der Waals surface area contributed by atoms with Gasteiger partial charge in [0.15, 0.2) is 0 Å². The number of benzene rings is 1. The van der Waals surface area contributed by atoms with E-state index in [1.54, 1.807) is 18.3 Å². The number of hydrogen-bond acceptors (Lipinski definition) is 4. The molecule has 0 fully saturated rings. The number of H-pyrrole nitrogens is 1. The Labute approximate surface area is 140 Å². The average molecular weight is 353 g/mol. The summed E-state index contributed by atoms with van der Waals surface area (Å²) in [6.45, 7) is 1.92. The van der Waals surface area contributed by atoms with E-state index in [-0.39, 0.29) is 15.7 Å². The van der Waals surface area contributed by atoms with E-state index in [1.165, 1.54) is 6.07 Å². The number of pyridine rings is 2. The second kappa shape index (κ2) is 5.83. The van der Waals surface area contributed by atoms with E-state index >= 15 is 0 Å². The van der Waals surface area contributed by atoms with Crippen molar-refractivity contribution >= 4 is 45.9 Å². The van der Waals surface area contributed by atoms with Crippen molar-refractivity contribution < 1.29 is 5.11 Å². The van der Waals surface area contributed by atoms with E-state index in [4.69, 9.17) is 23.2 Å². The van der Waals surface area contributed by atoms with Gasteiger partial charge in [-0.2, -0.15) is 0 Å². The summed E-state index contributed by atoms with van der Waals surface area (Å²) < 4.78 is 0. The number of aromatic hydroxyl groups is 1. The third kappa shape index (κ3) is 2.79. The molecule has 0 aliphatic heterocycles. The normalized spacial score (nSPS) is 11.0. The molecule has 2 aromatic heterocycles. The lowest BCUT2D eigenvalue weighted by Crippen LogP contribution is -2.08. The van der Waals surface area contributed by atoms with Gasteiger partial charge in [0.1, 0.15) is 15.7 Å². The third-order valence-corrected chi connectivity index (χ3v) is 4.60. The van der Waals surface area contributed by atoms with Crippen molar-refractivity contribution in [2.24, 2.45) is 0 Å². The van der Waals surface area contributed by atoms with Gasteiger partial charge in [0.05, 0.1) is 15.9 Å². The van der Waals surface area contributed by atoms with Crippen LogP contribution in [-0.2, 0) is 0 Å². The van der Waals surface area contributed by atoms with E-state index in [1.807, 2.05) is 13.0 Å². The monoisotopic (exact) mass is 352 g/mol. The highest BCUT2D eigenvalue weighted by Gasteiger charge is 2.16. The first-order valence-electron chi connectivity index (χ1n) is 6.30. The van der Waals surface area contributed by atoms with E-state index in [2.05, 4.69) is 9.97 Å². The van der Waals surface area contributed by atoms with Gasteiger partial charge in [0.2, 0.25) is 0 Å². The summed E-state index contributed by atoms with van der Waals surface area (Å²) in [6, 6.07) is 6.73. The van der Waals surface area contributed by atoms with Gasteiger partial charge >= 0.3 is 0 Å². The predicted molar refractivity (Wildman–Crippen MR) is 89.4 cm³/mol. The summed E-state index contributed by atoms with van der Waals surface area (Å²) in [5.74, 6) is -0.173. The zero-order valence-electron chi connectivity index (χ0n) is 11.4. The zero-order chi connectivity index (χ0) is 15.9. The zero-order valence-corrected chi connectivity index (χ0v) is 13.7. The fourth-order valence-corrected chi connectivity index (χ4v) is 3.40. The Morgan fingerprint density at radius 1 is 1.27 bits per heavy atom. The van der Waals surface area contributed by atoms with Gasteiger partial charge in [-0.15, -0.1) is 0 Å². The highest BCUT2D eigenvalue weighted by atomic mass is 35.5. The van der Waals surface area contributed by atoms with Gasteiger partial charge in [-0.05, 0) is 30.7 Å². The summed E-state index contributed by atoms with van der Waals surface area (Å²) in [7, 11) is 0. The Bertz CT molecular complexity index is 923. The van der Waals surface area contributed by atoms with Crippen LogP contribution in [0.25, 0.3) is 10.9 Å². The molecule has 7 heteroatoms. The van der Waals surface area contributed by atoms with Crippen LogP contribution >= 0.6 is 35.0 Å². The van der Waals surface area contributed by atoms with Crippen LogP contribution in [0.2, 0.25) is 10.0 Å². The first kappa shape index (κ1) is 15.2. The van der Waals surface area contributed by atoms with Crippen molar-refractivity contribution in [1.29, 1.82) is 0 Å². The second-order valence-electron chi connectivity index (χ2n) is 4.72. The molecule has 0 radical (unpaired) electrons. The van der Waals surface area contributed by atoms with E-state index in [9.17, 15) is 9.90 Å². The fraction of sp³-hybridized carbons (Fsp3) is 0.0667. The van der Waals surface area contributed by atoms with Gasteiger partial charge in [-0.3, -0.25) is 4.79 Å². The van der Waals surface area contributed by atoms with Gasteiger partial charge in [-0.1, -0.05) is 41.0 Å². The van der Waals surface area contributed by atoms with E-state index in [0.717, 1.165) is 17.3 Å². The molecule has 0 aliphatic carbocycles. The van der Waals surface area contributed by atoms with Crippen LogP contribution in [0.5, 0.6) is 5.75 Å². The number of aromatic nitrogens is 2. The number of hydrogen-bond donors (Lipinski definition) is 2. The molecule has 1 aromatic carbocycles. The minimum Gasteiger partial charge on any atom is -0.506 e. The smallest absolute Gasteiger partial charge is 0.266 e. The molecule has 0 amide bonds. The molecule has 0 spiro atoms. The Balaban J connectivity index is 2.18. The van der Waals surface area contributed by atoms with Crippen LogP contribution in [-0.4, -0.2) is 15.1 Å². The minimum absolute atomic E-state index is 0.146. The van der Waals surface area contributed by atoms with Crippen LogP contribution < -0.4 is 5.56 Å². The molecule has 2 heterocycles. The molecule has 0 atom stereocenters. The summed E-state index contributed by atoms with van der Waals surface area (Å²) in [4.78, 5) is 19.2. The standard InChI is InChI=1S/C15H10Cl2N2O2S/c1-7-2-3-11(18-6-7)22-14-13(20)12-9(17)4-8(16)5-10(12)19-15(14)21/h2-6H,1H3,(H2,19,20,21). The van der Waals surface area contributed by atoms with Crippen molar-refractivity contribution in [2.75, 3.05) is 0 Å². The fourth-order valence-electron chi connectivity index (χ4n) is 2.03. The Hall–Kier alpha value is -1.69. The highest BCUT2D eigenvalue weighted by molar-refractivity contribution is 7.99. The number of nitrogens with zero attached hydrogens (tertiary/aromatic N) is 1. The maximum Gasteiger partial charge on any atom is 0.266 e. The number of aryl methyl sites for hydroxylation is 1. The Morgan fingerprint density at radius 2 is 2.05 bits per heavy atom. The van der Waals surface area contributed by atoms with Crippen LogP contribution in [0.4, 0.5) is 0 Å². The van der Waals surface area contributed by atoms with Crippen LogP contribution in [0.15, 0.2) is 45.2 Å². The quantitative estimate of drug-likeness (QED) is 0.717. The molecular weight excluding hydrogens is 343 g/mol. The van der Waals surface area contributed by atoms with Gasteiger partial charge < -0.3 is 10.1 Å². The van der Waals surface area contributed by atoms with Crippen LogP contribution in [0.1, 0.15) is 5.56 Å². The summed E-state index contributed by atoms with van der Waals surface area (Å²) in [5, 5.41) is 12.0. The lowest BCUT2D eigenvalue weighted by Gasteiger charge is -2.08. The molecular formula is C15H10Cl2N2O2S. The first-order valence-corrected chi connectivity index (χ1v) is 7.87. The largest absolute Gasteiger partial charge is 0.506 e. The number of rotatable bonds is 2. The molecule has 112 valence electrons. The van der Waals surface area contributed by atoms with Crippen molar-refractivity contribution in [2.45, 2.75) is 16.8 Å².